The number of pyridine rings is 1. The molecule has 0 saturated carbocycles. The topological polar surface area (TPSA) is 318 Å². The van der Waals surface area contributed by atoms with Gasteiger partial charge in [0, 0.05) is 24.6 Å². The average Bonchev–Trinajstić information content (AvgIpc) is 2.76. The van der Waals surface area contributed by atoms with E-state index in [4.69, 9.17) is 41.7 Å². The second-order valence-corrected chi connectivity index (χ2v) is 8.01. The minimum absolute atomic E-state index is 0. The number of hydrogen-bond donors (Lipinski definition) is 9. The Morgan fingerprint density at radius 3 is 1.70 bits per heavy atom. The number of phosphoric acid groups is 1. The molecule has 0 aliphatic heterocycles. The van der Waals surface area contributed by atoms with E-state index < -0.39 is 50.4 Å². The summed E-state index contributed by atoms with van der Waals surface area (Å²) in [5.74, 6) is -4.71. The van der Waals surface area contributed by atoms with Gasteiger partial charge in [0.05, 0.1) is 17.9 Å². The maximum Gasteiger partial charge on any atom is 2.00 e. The number of aliphatic carboxylic acids is 4. The first kappa shape index (κ1) is 38.8. The normalized spacial score (nSPS) is 11.7. The second kappa shape index (κ2) is 19.4. The fraction of sp³-hybridized carbons (Fsp3) is 0.444. The molecule has 17 nitrogen and oxygen atoms in total. The number of carboxylic acid groups (broad SMARTS) is 4. The van der Waals surface area contributed by atoms with Crippen LogP contribution < -0.4 is 11.5 Å². The number of phosphoric ester groups is 1. The van der Waals surface area contributed by atoms with Gasteiger partial charge in [-0.25, -0.2) is 4.57 Å². The zero-order chi connectivity index (χ0) is 28.6. The van der Waals surface area contributed by atoms with Crippen LogP contribution in [0.3, 0.4) is 0 Å². The summed E-state index contributed by atoms with van der Waals surface area (Å²) in [4.78, 5) is 71.1. The maximum absolute atomic E-state index is 10.7. The molecule has 1 aromatic rings. The van der Waals surface area contributed by atoms with Gasteiger partial charge in [-0.2, -0.15) is 0 Å². The number of aromatic hydroxyl groups is 1. The van der Waals surface area contributed by atoms with Crippen LogP contribution in [0.1, 0.15) is 47.3 Å². The van der Waals surface area contributed by atoms with Crippen LogP contribution in [-0.4, -0.2) is 106 Å². The molecule has 0 unspecified atom stereocenters. The molecule has 1 aromatic heterocycles. The zero-order valence-corrected chi connectivity index (χ0v) is 21.9. The van der Waals surface area contributed by atoms with Gasteiger partial charge in [0.1, 0.15) is 17.8 Å². The van der Waals surface area contributed by atoms with Crippen molar-refractivity contribution in [3.63, 3.8) is 0 Å². The molecule has 0 saturated heterocycles. The van der Waals surface area contributed by atoms with E-state index in [2.05, 4.69) is 9.51 Å². The molecule has 0 bridgehead atoms. The molecule has 37 heavy (non-hydrogen) atoms. The monoisotopic (exact) mass is 565 g/mol. The standard InChI is InChI=1S/C8H10NO6P.2C5H9NO4.Mg/c1-5-8(11)7(3-10)6(2-9-5)4-15-16(12,13)14;2*6-3(5(9)10)1-2-4(7)8;/h2-3,11H,4H2,1H3,(H2,12,13,14);2*3H,1-2,6H2,(H,7,8)(H,9,10);/q;;;+2/t;2*3-;/m.00./s1. The summed E-state index contributed by atoms with van der Waals surface area (Å²) in [5, 5.41) is 42.0. The maximum atomic E-state index is 10.7. The van der Waals surface area contributed by atoms with Crippen molar-refractivity contribution in [2.45, 2.75) is 51.3 Å². The molecule has 0 aromatic carbocycles. The van der Waals surface area contributed by atoms with Crippen molar-refractivity contribution in [1.82, 2.24) is 4.98 Å². The van der Waals surface area contributed by atoms with Gasteiger partial charge in [-0.3, -0.25) is 33.5 Å². The molecule has 0 aliphatic carbocycles. The van der Waals surface area contributed by atoms with Crippen molar-refractivity contribution in [2.24, 2.45) is 11.5 Å². The Morgan fingerprint density at radius 2 is 1.41 bits per heavy atom. The summed E-state index contributed by atoms with van der Waals surface area (Å²) >= 11 is 0. The van der Waals surface area contributed by atoms with Crippen molar-refractivity contribution in [1.29, 1.82) is 0 Å². The number of aldehydes is 1. The Morgan fingerprint density at radius 1 is 1.00 bits per heavy atom. The molecule has 0 spiro atoms. The fourth-order valence-electron chi connectivity index (χ4n) is 1.86. The number of carbonyl (C=O) groups is 5. The van der Waals surface area contributed by atoms with Crippen molar-refractivity contribution in [2.75, 3.05) is 0 Å². The van der Waals surface area contributed by atoms with Gasteiger partial charge >= 0.3 is 54.8 Å². The Balaban J connectivity index is -0.000000486. The third-order valence-corrected chi connectivity index (χ3v) is 4.30. The van der Waals surface area contributed by atoms with Crippen LogP contribution >= 0.6 is 7.82 Å². The summed E-state index contributed by atoms with van der Waals surface area (Å²) < 4.78 is 14.7. The zero-order valence-electron chi connectivity index (χ0n) is 19.6. The quantitative estimate of drug-likeness (QED) is 0.0803. The van der Waals surface area contributed by atoms with Gasteiger partial charge < -0.3 is 46.8 Å². The van der Waals surface area contributed by atoms with Crippen LogP contribution in [0.4, 0.5) is 0 Å². The van der Waals surface area contributed by atoms with Crippen LogP contribution in [0.15, 0.2) is 6.20 Å². The van der Waals surface area contributed by atoms with Gasteiger partial charge in [0.15, 0.2) is 6.29 Å². The molecule has 0 amide bonds. The van der Waals surface area contributed by atoms with E-state index in [-0.39, 0.29) is 71.3 Å². The smallest absolute Gasteiger partial charge is 0.505 e. The van der Waals surface area contributed by atoms with E-state index in [1.165, 1.54) is 13.1 Å². The number of hydrogen-bond acceptors (Lipinski definition) is 11. The molecule has 1 heterocycles. The molecular formula is C18H28MgN3O14P+2. The van der Waals surface area contributed by atoms with E-state index in [0.717, 1.165) is 0 Å². The van der Waals surface area contributed by atoms with E-state index >= 15 is 0 Å². The first-order valence-corrected chi connectivity index (χ1v) is 11.2. The number of rotatable bonds is 12. The van der Waals surface area contributed by atoms with Crippen LogP contribution in [0, 0.1) is 6.92 Å². The number of nitrogens with zero attached hydrogens (tertiary/aromatic N) is 1. The third kappa shape index (κ3) is 20.1. The van der Waals surface area contributed by atoms with Crippen LogP contribution in [0.25, 0.3) is 0 Å². The minimum atomic E-state index is -4.61. The van der Waals surface area contributed by atoms with Gasteiger partial charge in [-0.05, 0) is 19.8 Å². The predicted molar refractivity (Wildman–Crippen MR) is 124 cm³/mol. The Bertz CT molecular complexity index is 937. The van der Waals surface area contributed by atoms with Crippen molar-refractivity contribution in [3.8, 4) is 5.75 Å². The summed E-state index contributed by atoms with van der Waals surface area (Å²) in [7, 11) is -4.61. The largest absolute Gasteiger partial charge is 2.00 e. The second-order valence-electron chi connectivity index (χ2n) is 6.77. The van der Waals surface area contributed by atoms with Crippen LogP contribution in [0.2, 0.25) is 0 Å². The number of carbonyl (C=O) groups excluding carboxylic acids is 1. The SMILES string of the molecule is Cc1ncc(COP(=O)(O)O)c(C=O)c1O.N[C@@H](CCC(=O)O)C(=O)O.N[C@@H](CCC(=O)O)C(=O)O.[Mg+2]. The number of aryl methyl sites for hydroxylation is 1. The van der Waals surface area contributed by atoms with Gasteiger partial charge in [0.2, 0.25) is 0 Å². The van der Waals surface area contributed by atoms with E-state index in [1.54, 1.807) is 0 Å². The van der Waals surface area contributed by atoms with E-state index in [1.807, 2.05) is 0 Å². The fourth-order valence-corrected chi connectivity index (χ4v) is 2.16. The molecule has 204 valence electrons. The van der Waals surface area contributed by atoms with Crippen LogP contribution in [0.5, 0.6) is 5.75 Å². The molecule has 0 fully saturated rings. The van der Waals surface area contributed by atoms with Gasteiger partial charge in [-0.15, -0.1) is 0 Å². The summed E-state index contributed by atoms with van der Waals surface area (Å²) in [6.07, 6.45) is 1.15. The van der Waals surface area contributed by atoms with Crippen LogP contribution in [-0.2, 0) is 34.9 Å². The minimum Gasteiger partial charge on any atom is -0.505 e. The van der Waals surface area contributed by atoms with E-state index in [0.29, 0.717) is 6.29 Å². The number of nitrogens with two attached hydrogens (primary N) is 2. The van der Waals surface area contributed by atoms with E-state index in [9.17, 15) is 33.6 Å². The molecule has 0 aliphatic rings. The van der Waals surface area contributed by atoms with Gasteiger partial charge in [0.25, 0.3) is 0 Å². The van der Waals surface area contributed by atoms with Crippen molar-refractivity contribution in [3.05, 3.63) is 23.0 Å². The summed E-state index contributed by atoms with van der Waals surface area (Å²) in [6, 6.07) is -2.12. The molecular weight excluding hydrogens is 537 g/mol. The Hall–Kier alpha value is -2.70. The number of aromatic nitrogens is 1. The first-order chi connectivity index (χ1) is 16.4. The molecule has 19 heteroatoms. The Kier molecular flexibility index (Phi) is 20.4. The molecule has 1 rings (SSSR count). The van der Waals surface area contributed by atoms with Crippen molar-refractivity contribution < 1.29 is 68.4 Å². The summed E-state index contributed by atoms with van der Waals surface area (Å²) in [5.41, 5.74) is 10.3. The van der Waals surface area contributed by atoms with Crippen molar-refractivity contribution >= 4 is 61.0 Å². The molecule has 0 radical (unpaired) electrons. The summed E-state index contributed by atoms with van der Waals surface area (Å²) in [6.45, 7) is 0.995. The number of carboxylic acids is 4. The average molecular weight is 566 g/mol. The third-order valence-electron chi connectivity index (χ3n) is 3.84. The van der Waals surface area contributed by atoms with Gasteiger partial charge in [-0.1, -0.05) is 0 Å². The first-order valence-electron chi connectivity index (χ1n) is 9.65. The predicted octanol–water partition coefficient (Wildman–Crippen LogP) is -1.34. The molecule has 2 atom stereocenters. The molecule has 11 N–H and O–H groups in total. The Labute approximate surface area is 225 Å².